The summed E-state index contributed by atoms with van der Waals surface area (Å²) in [5.74, 6) is 1.98. The monoisotopic (exact) mass is 246 g/mol. The summed E-state index contributed by atoms with van der Waals surface area (Å²) in [4.78, 5) is 0.794. The molecule has 0 N–H and O–H groups in total. The Balaban J connectivity index is 2.43. The molecule has 1 aliphatic carbocycles. The van der Waals surface area contributed by atoms with Crippen LogP contribution in [-0.4, -0.2) is 4.83 Å². The molecule has 3 unspecified atom stereocenters. The van der Waals surface area contributed by atoms with Gasteiger partial charge < -0.3 is 0 Å². The summed E-state index contributed by atoms with van der Waals surface area (Å²) < 4.78 is 0. The fourth-order valence-electron chi connectivity index (χ4n) is 2.71. The predicted octanol–water partition coefficient (Wildman–Crippen LogP) is 4.77. The van der Waals surface area contributed by atoms with Crippen LogP contribution in [-0.2, 0) is 0 Å². The van der Waals surface area contributed by atoms with Crippen molar-refractivity contribution in [2.24, 2.45) is 11.8 Å². The lowest BCUT2D eigenvalue weighted by Crippen LogP contribution is -2.26. The molecular weight excluding hydrogens is 224 g/mol. The van der Waals surface area contributed by atoms with E-state index in [1.165, 1.54) is 44.9 Å². The second-order valence-corrected chi connectivity index (χ2v) is 5.60. The van der Waals surface area contributed by atoms with Crippen molar-refractivity contribution in [2.75, 3.05) is 0 Å². The normalized spacial score (nSPS) is 31.6. The number of hydrogen-bond acceptors (Lipinski definition) is 0. The van der Waals surface area contributed by atoms with Gasteiger partial charge in [0.1, 0.15) is 0 Å². The first-order chi connectivity index (χ1) is 6.29. The lowest BCUT2D eigenvalue weighted by molar-refractivity contribution is 0.222. The van der Waals surface area contributed by atoms with Gasteiger partial charge in [-0.1, -0.05) is 61.9 Å². The van der Waals surface area contributed by atoms with Gasteiger partial charge in [-0.3, -0.25) is 0 Å². The molecule has 1 saturated carbocycles. The van der Waals surface area contributed by atoms with Crippen LogP contribution in [0.2, 0.25) is 0 Å². The Kier molecular flexibility index (Phi) is 5.38. The van der Waals surface area contributed by atoms with E-state index in [2.05, 4.69) is 29.8 Å². The van der Waals surface area contributed by atoms with Crippen molar-refractivity contribution in [1.29, 1.82) is 0 Å². The number of rotatable bonds is 4. The van der Waals surface area contributed by atoms with E-state index in [0.29, 0.717) is 0 Å². The molecule has 0 radical (unpaired) electrons. The SMILES string of the molecule is CCCC(Br)C1CCCCC1CC. The third kappa shape index (κ3) is 3.27. The summed E-state index contributed by atoms with van der Waals surface area (Å²) in [6.07, 6.45) is 9.95. The molecule has 13 heavy (non-hydrogen) atoms. The zero-order valence-corrected chi connectivity index (χ0v) is 10.6. The number of halogens is 1. The molecule has 0 aromatic heterocycles. The van der Waals surface area contributed by atoms with Gasteiger partial charge in [0.25, 0.3) is 0 Å². The maximum absolute atomic E-state index is 3.88. The van der Waals surface area contributed by atoms with E-state index in [-0.39, 0.29) is 0 Å². The number of alkyl halides is 1. The molecule has 3 atom stereocenters. The van der Waals surface area contributed by atoms with Crippen LogP contribution in [0.25, 0.3) is 0 Å². The molecule has 0 aromatic rings. The summed E-state index contributed by atoms with van der Waals surface area (Å²) >= 11 is 3.88. The lowest BCUT2D eigenvalue weighted by atomic mass is 9.75. The van der Waals surface area contributed by atoms with Gasteiger partial charge >= 0.3 is 0 Å². The molecule has 1 fully saturated rings. The Labute approximate surface area is 91.6 Å². The average Bonchev–Trinajstić information content (AvgIpc) is 2.18. The molecule has 1 aliphatic rings. The highest BCUT2D eigenvalue weighted by Gasteiger charge is 2.28. The van der Waals surface area contributed by atoms with E-state index in [9.17, 15) is 0 Å². The van der Waals surface area contributed by atoms with Gasteiger partial charge in [0, 0.05) is 4.83 Å². The van der Waals surface area contributed by atoms with Gasteiger partial charge in [-0.25, -0.2) is 0 Å². The molecule has 78 valence electrons. The smallest absolute Gasteiger partial charge is 0.0176 e. The third-order valence-corrected chi connectivity index (χ3v) is 4.66. The fourth-order valence-corrected chi connectivity index (χ4v) is 3.86. The molecule has 0 saturated heterocycles. The maximum atomic E-state index is 3.88. The molecule has 0 aromatic carbocycles. The summed E-state index contributed by atoms with van der Waals surface area (Å²) in [5.41, 5.74) is 0. The minimum absolute atomic E-state index is 0.794. The van der Waals surface area contributed by atoms with Gasteiger partial charge in [0.05, 0.1) is 0 Å². The van der Waals surface area contributed by atoms with E-state index in [1.807, 2.05) is 0 Å². The van der Waals surface area contributed by atoms with E-state index in [1.54, 1.807) is 0 Å². The second kappa shape index (κ2) is 6.06. The zero-order chi connectivity index (χ0) is 9.68. The number of hydrogen-bond donors (Lipinski definition) is 0. The Bertz CT molecular complexity index is 133. The van der Waals surface area contributed by atoms with Gasteiger partial charge in [0.2, 0.25) is 0 Å². The van der Waals surface area contributed by atoms with E-state index < -0.39 is 0 Å². The van der Waals surface area contributed by atoms with Crippen LogP contribution in [0.5, 0.6) is 0 Å². The van der Waals surface area contributed by atoms with Gasteiger partial charge in [-0.2, -0.15) is 0 Å². The third-order valence-electron chi connectivity index (χ3n) is 3.52. The van der Waals surface area contributed by atoms with Crippen molar-refractivity contribution in [1.82, 2.24) is 0 Å². The van der Waals surface area contributed by atoms with Crippen molar-refractivity contribution in [3.05, 3.63) is 0 Å². The highest BCUT2D eigenvalue weighted by Crippen LogP contribution is 2.38. The van der Waals surface area contributed by atoms with Crippen molar-refractivity contribution in [3.8, 4) is 0 Å². The molecular formula is C12H23Br. The minimum atomic E-state index is 0.794. The van der Waals surface area contributed by atoms with Crippen LogP contribution in [0, 0.1) is 11.8 Å². The highest BCUT2D eigenvalue weighted by atomic mass is 79.9. The Hall–Kier alpha value is 0.480. The quantitative estimate of drug-likeness (QED) is 0.628. The van der Waals surface area contributed by atoms with Crippen molar-refractivity contribution < 1.29 is 0 Å². The summed E-state index contributed by atoms with van der Waals surface area (Å²) in [5, 5.41) is 0. The zero-order valence-electron chi connectivity index (χ0n) is 9.06. The Morgan fingerprint density at radius 1 is 1.23 bits per heavy atom. The van der Waals surface area contributed by atoms with Crippen LogP contribution in [0.4, 0.5) is 0 Å². The molecule has 0 heterocycles. The minimum Gasteiger partial charge on any atom is -0.0888 e. The van der Waals surface area contributed by atoms with Crippen LogP contribution >= 0.6 is 15.9 Å². The average molecular weight is 247 g/mol. The van der Waals surface area contributed by atoms with Crippen LogP contribution < -0.4 is 0 Å². The molecule has 0 aliphatic heterocycles. The first-order valence-electron chi connectivity index (χ1n) is 5.93. The molecule has 0 nitrogen and oxygen atoms in total. The van der Waals surface area contributed by atoms with E-state index in [4.69, 9.17) is 0 Å². The topological polar surface area (TPSA) is 0 Å². The van der Waals surface area contributed by atoms with Crippen LogP contribution in [0.3, 0.4) is 0 Å². The largest absolute Gasteiger partial charge is 0.0888 e. The molecule has 0 amide bonds. The van der Waals surface area contributed by atoms with Crippen LogP contribution in [0.15, 0.2) is 0 Å². The molecule has 0 bridgehead atoms. The standard InChI is InChI=1S/C12H23Br/c1-3-7-12(13)11-9-6-5-8-10(11)4-2/h10-12H,3-9H2,1-2H3. The van der Waals surface area contributed by atoms with Gasteiger partial charge in [0.15, 0.2) is 0 Å². The van der Waals surface area contributed by atoms with Crippen molar-refractivity contribution in [3.63, 3.8) is 0 Å². The lowest BCUT2D eigenvalue weighted by Gasteiger charge is -2.34. The molecule has 1 heteroatoms. The summed E-state index contributed by atoms with van der Waals surface area (Å²) in [7, 11) is 0. The van der Waals surface area contributed by atoms with Gasteiger partial charge in [-0.05, 0) is 24.7 Å². The van der Waals surface area contributed by atoms with Crippen molar-refractivity contribution >= 4 is 15.9 Å². The van der Waals surface area contributed by atoms with Crippen LogP contribution in [0.1, 0.15) is 58.8 Å². The first kappa shape index (κ1) is 11.6. The molecule has 0 spiro atoms. The Morgan fingerprint density at radius 3 is 2.54 bits per heavy atom. The van der Waals surface area contributed by atoms with E-state index in [0.717, 1.165) is 16.7 Å². The summed E-state index contributed by atoms with van der Waals surface area (Å²) in [6.45, 7) is 4.65. The molecule has 1 rings (SSSR count). The fraction of sp³-hybridized carbons (Fsp3) is 1.00. The first-order valence-corrected chi connectivity index (χ1v) is 6.85. The Morgan fingerprint density at radius 2 is 1.92 bits per heavy atom. The van der Waals surface area contributed by atoms with Gasteiger partial charge in [-0.15, -0.1) is 0 Å². The highest BCUT2D eigenvalue weighted by molar-refractivity contribution is 9.09. The van der Waals surface area contributed by atoms with E-state index >= 15 is 0 Å². The van der Waals surface area contributed by atoms with Crippen molar-refractivity contribution in [2.45, 2.75) is 63.6 Å². The maximum Gasteiger partial charge on any atom is 0.0176 e. The second-order valence-electron chi connectivity index (χ2n) is 4.42. The predicted molar refractivity (Wildman–Crippen MR) is 63.4 cm³/mol. The summed E-state index contributed by atoms with van der Waals surface area (Å²) in [6, 6.07) is 0.